The maximum absolute atomic E-state index is 14.5. The van der Waals surface area contributed by atoms with E-state index in [0.29, 0.717) is 17.7 Å². The first-order valence-electron chi connectivity index (χ1n) is 9.22. The number of carbonyl (C=O) groups excluding carboxylic acids is 2. The molecule has 0 amide bonds. The minimum atomic E-state index is -6.21. The number of halogens is 7. The average molecular weight is 448 g/mol. The second-order valence-electron chi connectivity index (χ2n) is 7.17. The third-order valence-corrected chi connectivity index (χ3v) is 5.08. The molecule has 2 nitrogen and oxygen atoms in total. The molecule has 0 fully saturated rings. The summed E-state index contributed by atoms with van der Waals surface area (Å²) in [5.41, 5.74) is -6.30. The summed E-state index contributed by atoms with van der Waals surface area (Å²) in [7, 11) is 0. The lowest BCUT2D eigenvalue weighted by molar-refractivity contribution is -0.348. The predicted molar refractivity (Wildman–Crippen MR) is 99.9 cm³/mol. The third kappa shape index (κ3) is 4.65. The van der Waals surface area contributed by atoms with Crippen LogP contribution in [-0.2, 0) is 18.5 Å². The number of benzene rings is 2. The van der Waals surface area contributed by atoms with Gasteiger partial charge in [-0.25, -0.2) is 4.39 Å². The van der Waals surface area contributed by atoms with Gasteiger partial charge in [0.1, 0.15) is 0 Å². The smallest absolute Gasteiger partial charge is 0.295 e. The van der Waals surface area contributed by atoms with Gasteiger partial charge in [-0.2, -0.15) is 26.3 Å². The molecule has 0 aliphatic heterocycles. The van der Waals surface area contributed by atoms with Crippen molar-refractivity contribution in [2.75, 3.05) is 0 Å². The van der Waals surface area contributed by atoms with Gasteiger partial charge in [0.2, 0.25) is 0 Å². The van der Waals surface area contributed by atoms with Gasteiger partial charge in [-0.05, 0) is 37.0 Å². The summed E-state index contributed by atoms with van der Waals surface area (Å²) in [4.78, 5) is 23.9. The summed E-state index contributed by atoms with van der Waals surface area (Å²) in [6.45, 7) is 4.06. The Hall–Kier alpha value is -2.71. The topological polar surface area (TPSA) is 34.1 Å². The molecule has 0 aliphatic carbocycles. The predicted octanol–water partition coefficient (Wildman–Crippen LogP) is 6.47. The molecule has 0 aromatic heterocycles. The van der Waals surface area contributed by atoms with Gasteiger partial charge in [-0.3, -0.25) is 9.59 Å². The fraction of sp³-hybridized carbons (Fsp3) is 0.364. The Kier molecular flexibility index (Phi) is 6.68. The highest BCUT2D eigenvalue weighted by atomic mass is 19.4. The summed E-state index contributed by atoms with van der Waals surface area (Å²) < 4.78 is 93.1. The zero-order valence-electron chi connectivity index (χ0n) is 16.8. The Morgan fingerprint density at radius 1 is 0.839 bits per heavy atom. The second-order valence-corrected chi connectivity index (χ2v) is 7.17. The molecule has 31 heavy (non-hydrogen) atoms. The summed E-state index contributed by atoms with van der Waals surface area (Å²) in [6.07, 6.45) is -12.7. The lowest BCUT2D eigenvalue weighted by atomic mass is 9.86. The number of aryl methyl sites for hydroxylation is 2. The summed E-state index contributed by atoms with van der Waals surface area (Å²) in [6, 6.07) is 6.71. The first-order valence-corrected chi connectivity index (χ1v) is 9.22. The van der Waals surface area contributed by atoms with Crippen molar-refractivity contribution < 1.29 is 40.3 Å². The van der Waals surface area contributed by atoms with Gasteiger partial charge in [0.15, 0.2) is 11.6 Å². The van der Waals surface area contributed by atoms with Crippen LogP contribution >= 0.6 is 0 Å². The number of rotatable bonds is 6. The molecule has 0 saturated carbocycles. The molecule has 2 aromatic carbocycles. The normalized spacial score (nSPS) is 12.7. The van der Waals surface area contributed by atoms with Crippen LogP contribution in [0.25, 0.3) is 0 Å². The van der Waals surface area contributed by atoms with Crippen molar-refractivity contribution in [1.29, 1.82) is 0 Å². The van der Waals surface area contributed by atoms with Crippen LogP contribution in [0, 0.1) is 6.92 Å². The first-order chi connectivity index (χ1) is 14.1. The number of hydrogen-bond donors (Lipinski definition) is 0. The monoisotopic (exact) mass is 448 g/mol. The van der Waals surface area contributed by atoms with Crippen molar-refractivity contribution in [2.24, 2.45) is 0 Å². The Morgan fingerprint density at radius 2 is 1.32 bits per heavy atom. The van der Waals surface area contributed by atoms with Crippen LogP contribution in [0.1, 0.15) is 56.8 Å². The number of ketones is 2. The Labute approximate surface area is 174 Å². The summed E-state index contributed by atoms with van der Waals surface area (Å²) >= 11 is 0. The standard InChI is InChI=1S/C22H19F7O2/c1-4-14-10-17(20(23,21(24,25)26)22(27,28)29)9-12(2)18(14)11-19(31)16-7-5-15(6-8-16)13(3)30/h5-10H,4,11H2,1-3H3. The molecular weight excluding hydrogens is 429 g/mol. The number of carbonyl (C=O) groups is 2. The minimum absolute atomic E-state index is 0.00758. The van der Waals surface area contributed by atoms with E-state index in [9.17, 15) is 40.3 Å². The van der Waals surface area contributed by atoms with Crippen molar-refractivity contribution in [3.63, 3.8) is 0 Å². The molecule has 0 spiro atoms. The molecule has 0 aliphatic rings. The van der Waals surface area contributed by atoms with E-state index in [0.717, 1.165) is 0 Å². The van der Waals surface area contributed by atoms with Crippen molar-refractivity contribution in [3.05, 3.63) is 69.8 Å². The lowest BCUT2D eigenvalue weighted by Crippen LogP contribution is -2.50. The van der Waals surface area contributed by atoms with Gasteiger partial charge >= 0.3 is 18.0 Å². The first kappa shape index (κ1) is 24.6. The fourth-order valence-electron chi connectivity index (χ4n) is 3.30. The molecule has 168 valence electrons. The highest BCUT2D eigenvalue weighted by molar-refractivity contribution is 5.99. The van der Waals surface area contributed by atoms with Crippen molar-refractivity contribution in [2.45, 2.75) is 51.6 Å². The van der Waals surface area contributed by atoms with Crippen LogP contribution in [0.4, 0.5) is 30.7 Å². The van der Waals surface area contributed by atoms with Crippen molar-refractivity contribution in [1.82, 2.24) is 0 Å². The Bertz CT molecular complexity index is 973. The molecule has 2 aromatic rings. The Morgan fingerprint density at radius 3 is 1.74 bits per heavy atom. The molecule has 0 N–H and O–H groups in total. The van der Waals surface area contributed by atoms with Crippen LogP contribution < -0.4 is 0 Å². The van der Waals surface area contributed by atoms with Gasteiger partial charge in [-0.1, -0.05) is 43.3 Å². The molecule has 0 saturated heterocycles. The Balaban J connectivity index is 2.50. The fourth-order valence-corrected chi connectivity index (χ4v) is 3.30. The van der Waals surface area contributed by atoms with Crippen molar-refractivity contribution >= 4 is 11.6 Å². The van der Waals surface area contributed by atoms with E-state index in [1.807, 2.05) is 0 Å². The molecule has 0 unspecified atom stereocenters. The zero-order chi connectivity index (χ0) is 23.8. The molecule has 0 heterocycles. The highest BCUT2D eigenvalue weighted by Gasteiger charge is 2.73. The van der Waals surface area contributed by atoms with Crippen LogP contribution in [0.5, 0.6) is 0 Å². The molecule has 9 heteroatoms. The van der Waals surface area contributed by atoms with Gasteiger partial charge in [0.05, 0.1) is 0 Å². The van der Waals surface area contributed by atoms with E-state index < -0.39 is 29.4 Å². The molecule has 0 bridgehead atoms. The van der Waals surface area contributed by atoms with Gasteiger partial charge < -0.3 is 0 Å². The van der Waals surface area contributed by atoms with Crippen LogP contribution in [0.3, 0.4) is 0 Å². The van der Waals surface area contributed by atoms with E-state index in [2.05, 4.69) is 0 Å². The van der Waals surface area contributed by atoms with E-state index >= 15 is 0 Å². The van der Waals surface area contributed by atoms with E-state index in [4.69, 9.17) is 0 Å². The molecule has 2 rings (SSSR count). The highest BCUT2D eigenvalue weighted by Crippen LogP contribution is 2.53. The second kappa shape index (κ2) is 8.43. The molecule has 0 atom stereocenters. The molecule has 0 radical (unpaired) electrons. The zero-order valence-corrected chi connectivity index (χ0v) is 16.8. The van der Waals surface area contributed by atoms with Crippen molar-refractivity contribution in [3.8, 4) is 0 Å². The van der Waals surface area contributed by atoms with Crippen LogP contribution in [0.15, 0.2) is 36.4 Å². The van der Waals surface area contributed by atoms with Gasteiger partial charge in [0.25, 0.3) is 0 Å². The number of Topliss-reactive ketones (excluding diaryl/α,β-unsaturated/α-hetero) is 2. The summed E-state index contributed by atoms with van der Waals surface area (Å²) in [5.74, 6) is -0.651. The quantitative estimate of drug-likeness (QED) is 0.375. The maximum atomic E-state index is 14.5. The number of hydrogen-bond acceptors (Lipinski definition) is 2. The largest absolute Gasteiger partial charge is 0.435 e. The lowest BCUT2D eigenvalue weighted by Gasteiger charge is -2.31. The van der Waals surface area contributed by atoms with Crippen LogP contribution in [-0.4, -0.2) is 23.9 Å². The number of alkyl halides is 7. The third-order valence-electron chi connectivity index (χ3n) is 5.08. The van der Waals surface area contributed by atoms with Crippen LogP contribution in [0.2, 0.25) is 0 Å². The maximum Gasteiger partial charge on any atom is 0.435 e. The average Bonchev–Trinajstić information content (AvgIpc) is 2.66. The molecular formula is C22H19F7O2. The van der Waals surface area contributed by atoms with E-state index in [1.165, 1.54) is 45.0 Å². The van der Waals surface area contributed by atoms with E-state index in [-0.39, 0.29) is 40.9 Å². The van der Waals surface area contributed by atoms with Gasteiger partial charge in [0, 0.05) is 23.1 Å². The minimum Gasteiger partial charge on any atom is -0.295 e. The summed E-state index contributed by atoms with van der Waals surface area (Å²) in [5, 5.41) is 0. The SMILES string of the molecule is CCc1cc(C(F)(C(F)(F)F)C(F)(F)F)cc(C)c1CC(=O)c1ccc(C(C)=O)cc1. The van der Waals surface area contributed by atoms with E-state index in [1.54, 1.807) is 0 Å². The van der Waals surface area contributed by atoms with Gasteiger partial charge in [-0.15, -0.1) is 0 Å².